The van der Waals surface area contributed by atoms with Gasteiger partial charge in [-0.3, -0.25) is 4.79 Å². The van der Waals surface area contributed by atoms with E-state index in [0.29, 0.717) is 18.9 Å². The Morgan fingerprint density at radius 3 is 2.93 bits per heavy atom. The summed E-state index contributed by atoms with van der Waals surface area (Å²) in [7, 11) is 0. The van der Waals surface area contributed by atoms with Gasteiger partial charge in [0.15, 0.2) is 0 Å². The van der Waals surface area contributed by atoms with Crippen LogP contribution in [0.1, 0.15) is 26.0 Å². The van der Waals surface area contributed by atoms with Crippen LogP contribution < -0.4 is 5.32 Å². The van der Waals surface area contributed by atoms with Crippen molar-refractivity contribution in [2.45, 2.75) is 26.7 Å². The number of carbonyl (C=O) groups excluding carboxylic acids is 1. The second-order valence-corrected chi connectivity index (χ2v) is 3.78. The topological polar surface area (TPSA) is 42.2 Å². The maximum absolute atomic E-state index is 11.2. The molecule has 0 aliphatic rings. The third-order valence-electron chi connectivity index (χ3n) is 1.87. The molecular formula is C11H17NO2. The Bertz CT molecular complexity index is 265. The van der Waals surface area contributed by atoms with Gasteiger partial charge >= 0.3 is 0 Å². The Kier molecular flexibility index (Phi) is 4.23. The largest absolute Gasteiger partial charge is 0.469 e. The van der Waals surface area contributed by atoms with Crippen molar-refractivity contribution in [3.63, 3.8) is 0 Å². The molecule has 1 rings (SSSR count). The number of nitrogens with one attached hydrogen (secondary N) is 1. The molecule has 0 aliphatic heterocycles. The lowest BCUT2D eigenvalue weighted by Crippen LogP contribution is -2.26. The molecule has 0 aromatic carbocycles. The minimum atomic E-state index is 0.117. The third-order valence-corrected chi connectivity index (χ3v) is 1.87. The van der Waals surface area contributed by atoms with Gasteiger partial charge < -0.3 is 9.73 Å². The normalized spacial score (nSPS) is 10.5. The molecule has 0 spiro atoms. The first-order valence-corrected chi connectivity index (χ1v) is 4.97. The summed E-state index contributed by atoms with van der Waals surface area (Å²) in [6.07, 6.45) is 3.00. The lowest BCUT2D eigenvalue weighted by molar-refractivity contribution is -0.121. The molecular weight excluding hydrogens is 178 g/mol. The zero-order valence-corrected chi connectivity index (χ0v) is 8.75. The number of hydrogen-bond acceptors (Lipinski definition) is 2. The maximum atomic E-state index is 11.2. The van der Waals surface area contributed by atoms with Gasteiger partial charge in [-0.2, -0.15) is 0 Å². The Balaban J connectivity index is 2.12. The Hall–Kier alpha value is -1.25. The van der Waals surface area contributed by atoms with Gasteiger partial charge in [-0.15, -0.1) is 0 Å². The third kappa shape index (κ3) is 4.12. The fraction of sp³-hybridized carbons (Fsp3) is 0.545. The van der Waals surface area contributed by atoms with Gasteiger partial charge in [0.1, 0.15) is 5.76 Å². The van der Waals surface area contributed by atoms with Crippen LogP contribution in [0.25, 0.3) is 0 Å². The van der Waals surface area contributed by atoms with Crippen molar-refractivity contribution < 1.29 is 9.21 Å². The van der Waals surface area contributed by atoms with Crippen LogP contribution in [0.5, 0.6) is 0 Å². The lowest BCUT2D eigenvalue weighted by atomic mass is 10.1. The van der Waals surface area contributed by atoms with Gasteiger partial charge in [-0.05, 0) is 18.1 Å². The molecule has 0 aliphatic carbocycles. The Morgan fingerprint density at radius 2 is 2.36 bits per heavy atom. The quantitative estimate of drug-likeness (QED) is 0.780. The van der Waals surface area contributed by atoms with Crippen LogP contribution in [0.15, 0.2) is 22.8 Å². The molecule has 0 bridgehead atoms. The van der Waals surface area contributed by atoms with Gasteiger partial charge in [0.2, 0.25) is 5.91 Å². The van der Waals surface area contributed by atoms with Crippen molar-refractivity contribution in [1.82, 2.24) is 5.32 Å². The molecule has 0 saturated heterocycles. The number of carbonyl (C=O) groups is 1. The average molecular weight is 195 g/mol. The molecule has 0 unspecified atom stereocenters. The predicted molar refractivity (Wildman–Crippen MR) is 54.9 cm³/mol. The predicted octanol–water partition coefficient (Wildman–Crippen LogP) is 1.98. The fourth-order valence-electron chi connectivity index (χ4n) is 1.22. The van der Waals surface area contributed by atoms with E-state index < -0.39 is 0 Å². The van der Waals surface area contributed by atoms with E-state index in [1.54, 1.807) is 6.26 Å². The Morgan fingerprint density at radius 1 is 1.57 bits per heavy atom. The molecule has 3 nitrogen and oxygen atoms in total. The highest BCUT2D eigenvalue weighted by molar-refractivity contribution is 5.75. The molecule has 0 fully saturated rings. The summed E-state index contributed by atoms with van der Waals surface area (Å²) in [6, 6.07) is 3.76. The summed E-state index contributed by atoms with van der Waals surface area (Å²) >= 11 is 0. The van der Waals surface area contributed by atoms with Crippen molar-refractivity contribution >= 4 is 5.91 Å². The van der Waals surface area contributed by atoms with E-state index >= 15 is 0 Å². The van der Waals surface area contributed by atoms with Crippen LogP contribution in [0.3, 0.4) is 0 Å². The molecule has 78 valence electrons. The molecule has 0 radical (unpaired) electrons. The number of rotatable bonds is 5. The molecule has 14 heavy (non-hydrogen) atoms. The average Bonchev–Trinajstić information content (AvgIpc) is 2.55. The summed E-state index contributed by atoms with van der Waals surface area (Å²) < 4.78 is 5.15. The molecule has 1 aromatic heterocycles. The van der Waals surface area contributed by atoms with E-state index in [1.807, 2.05) is 26.0 Å². The number of amides is 1. The van der Waals surface area contributed by atoms with Crippen molar-refractivity contribution in [3.05, 3.63) is 24.2 Å². The van der Waals surface area contributed by atoms with Crippen molar-refractivity contribution in [2.75, 3.05) is 6.54 Å². The lowest BCUT2D eigenvalue weighted by Gasteiger charge is -2.05. The zero-order valence-electron chi connectivity index (χ0n) is 8.75. The summed E-state index contributed by atoms with van der Waals surface area (Å²) in [5, 5.41) is 2.85. The Labute approximate surface area is 84.5 Å². The minimum Gasteiger partial charge on any atom is -0.469 e. The van der Waals surface area contributed by atoms with Gasteiger partial charge in [-0.1, -0.05) is 13.8 Å². The first-order valence-electron chi connectivity index (χ1n) is 4.97. The highest BCUT2D eigenvalue weighted by Gasteiger charge is 2.03. The van der Waals surface area contributed by atoms with E-state index in [9.17, 15) is 4.79 Å². The number of hydrogen-bond donors (Lipinski definition) is 1. The van der Waals surface area contributed by atoms with Crippen LogP contribution in [0.2, 0.25) is 0 Å². The van der Waals surface area contributed by atoms with Crippen LogP contribution >= 0.6 is 0 Å². The monoisotopic (exact) mass is 195 g/mol. The van der Waals surface area contributed by atoms with Crippen molar-refractivity contribution in [3.8, 4) is 0 Å². The first kappa shape index (κ1) is 10.8. The summed E-state index contributed by atoms with van der Waals surface area (Å²) in [4.78, 5) is 11.2. The van der Waals surface area contributed by atoms with Crippen LogP contribution in [0, 0.1) is 5.92 Å². The highest BCUT2D eigenvalue weighted by Crippen LogP contribution is 2.01. The van der Waals surface area contributed by atoms with E-state index in [0.717, 1.165) is 12.2 Å². The number of furan rings is 1. The van der Waals surface area contributed by atoms with E-state index in [4.69, 9.17) is 4.42 Å². The molecule has 1 N–H and O–H groups in total. The first-order chi connectivity index (χ1) is 6.68. The molecule has 1 amide bonds. The SMILES string of the molecule is CC(C)CC(=O)NCCc1ccco1. The van der Waals surface area contributed by atoms with Gasteiger partial charge in [0, 0.05) is 19.4 Å². The zero-order chi connectivity index (χ0) is 10.4. The van der Waals surface area contributed by atoms with Gasteiger partial charge in [-0.25, -0.2) is 0 Å². The summed E-state index contributed by atoms with van der Waals surface area (Å²) in [5.74, 6) is 1.44. The molecule has 1 aromatic rings. The van der Waals surface area contributed by atoms with E-state index in [-0.39, 0.29) is 5.91 Å². The van der Waals surface area contributed by atoms with E-state index in [2.05, 4.69) is 5.32 Å². The second-order valence-electron chi connectivity index (χ2n) is 3.78. The van der Waals surface area contributed by atoms with Crippen LogP contribution in [-0.4, -0.2) is 12.5 Å². The summed E-state index contributed by atoms with van der Waals surface area (Å²) in [6.45, 7) is 4.72. The minimum absolute atomic E-state index is 0.117. The molecule has 3 heteroatoms. The molecule has 0 atom stereocenters. The van der Waals surface area contributed by atoms with Crippen molar-refractivity contribution in [1.29, 1.82) is 0 Å². The maximum Gasteiger partial charge on any atom is 0.220 e. The van der Waals surface area contributed by atoms with Crippen molar-refractivity contribution in [2.24, 2.45) is 5.92 Å². The van der Waals surface area contributed by atoms with Crippen LogP contribution in [-0.2, 0) is 11.2 Å². The second kappa shape index (κ2) is 5.47. The standard InChI is InChI=1S/C11H17NO2/c1-9(2)8-11(13)12-6-5-10-4-3-7-14-10/h3-4,7,9H,5-6,8H2,1-2H3,(H,12,13). The van der Waals surface area contributed by atoms with Gasteiger partial charge in [0.25, 0.3) is 0 Å². The van der Waals surface area contributed by atoms with Gasteiger partial charge in [0.05, 0.1) is 6.26 Å². The smallest absolute Gasteiger partial charge is 0.220 e. The van der Waals surface area contributed by atoms with Crippen LogP contribution in [0.4, 0.5) is 0 Å². The highest BCUT2D eigenvalue weighted by atomic mass is 16.3. The molecule has 1 heterocycles. The fourth-order valence-corrected chi connectivity index (χ4v) is 1.22. The summed E-state index contributed by atoms with van der Waals surface area (Å²) in [5.41, 5.74) is 0. The molecule has 0 saturated carbocycles. The van der Waals surface area contributed by atoms with E-state index in [1.165, 1.54) is 0 Å².